The number of aliphatic hydroxyl groups excluding tert-OH is 2. The van der Waals surface area contributed by atoms with Crippen molar-refractivity contribution in [2.75, 3.05) is 6.61 Å². The van der Waals surface area contributed by atoms with Gasteiger partial charge in [0, 0.05) is 6.42 Å². The Labute approximate surface area is 311 Å². The minimum absolute atomic E-state index is 0.0731. The minimum atomic E-state index is -0.843. The first-order chi connectivity index (χ1) is 24.7. The summed E-state index contributed by atoms with van der Waals surface area (Å²) < 4.78 is 0. The van der Waals surface area contributed by atoms with Crippen molar-refractivity contribution in [2.45, 2.75) is 219 Å². The van der Waals surface area contributed by atoms with Crippen LogP contribution in [0.5, 0.6) is 0 Å². The van der Waals surface area contributed by atoms with Crippen LogP contribution in [0, 0.1) is 0 Å². The molecule has 0 aromatic carbocycles. The molecule has 0 unspecified atom stereocenters. The summed E-state index contributed by atoms with van der Waals surface area (Å²) in [6, 6.07) is -0.626. The summed E-state index contributed by atoms with van der Waals surface area (Å²) in [5.74, 6) is -0.0731. The number of aliphatic hydroxyl groups is 2. The van der Waals surface area contributed by atoms with Gasteiger partial charge < -0.3 is 15.5 Å². The van der Waals surface area contributed by atoms with E-state index in [2.05, 4.69) is 67.8 Å². The van der Waals surface area contributed by atoms with E-state index in [1.807, 2.05) is 6.08 Å². The highest BCUT2D eigenvalue weighted by Gasteiger charge is 2.17. The van der Waals surface area contributed by atoms with E-state index in [1.54, 1.807) is 6.08 Å². The van der Waals surface area contributed by atoms with E-state index in [9.17, 15) is 15.0 Å². The molecule has 4 nitrogen and oxygen atoms in total. The van der Waals surface area contributed by atoms with Gasteiger partial charge in [-0.2, -0.15) is 0 Å². The smallest absolute Gasteiger partial charge is 0.220 e. The number of hydrogen-bond acceptors (Lipinski definition) is 3. The van der Waals surface area contributed by atoms with Gasteiger partial charge >= 0.3 is 0 Å². The average molecular weight is 698 g/mol. The lowest BCUT2D eigenvalue weighted by atomic mass is 10.0. The van der Waals surface area contributed by atoms with Crippen molar-refractivity contribution in [1.29, 1.82) is 0 Å². The third kappa shape index (κ3) is 37.3. The summed E-state index contributed by atoms with van der Waals surface area (Å²) >= 11 is 0. The van der Waals surface area contributed by atoms with Crippen molar-refractivity contribution in [3.05, 3.63) is 60.8 Å². The highest BCUT2D eigenvalue weighted by Crippen LogP contribution is 2.14. The molecule has 0 aromatic rings. The van der Waals surface area contributed by atoms with Crippen LogP contribution >= 0.6 is 0 Å². The number of carbonyl (C=O) groups is 1. The average Bonchev–Trinajstić information content (AvgIpc) is 3.12. The standard InChI is InChI=1S/C46H83NO3/c1-3-5-7-9-11-13-15-17-18-19-20-21-22-23-24-25-26-27-28-30-32-34-36-38-40-42-46(50)47-44(43-48)45(49)41-39-37-35-33-31-29-16-14-12-10-8-6-4-2/h11,13,17-18,20-21,23-24,39,41,44-45,48-49H,3-10,12,14-16,19,22,25-38,40,42-43H2,1-2H3,(H,47,50)/b13-11-,18-17-,21-20-,24-23-,41-39+/t44-,45+/m0/s1. The van der Waals surface area contributed by atoms with Gasteiger partial charge in [0.05, 0.1) is 18.8 Å². The summed E-state index contributed by atoms with van der Waals surface area (Å²) in [5.41, 5.74) is 0. The summed E-state index contributed by atoms with van der Waals surface area (Å²) in [6.07, 6.45) is 57.4. The summed E-state index contributed by atoms with van der Waals surface area (Å²) in [5, 5.41) is 23.0. The number of unbranched alkanes of at least 4 members (excludes halogenated alkanes) is 23. The molecule has 0 rings (SSSR count). The number of allylic oxidation sites excluding steroid dienone is 9. The quantitative estimate of drug-likeness (QED) is 0.0444. The number of rotatable bonds is 38. The van der Waals surface area contributed by atoms with E-state index in [0.717, 1.165) is 44.9 Å². The number of amides is 1. The zero-order valence-electron chi connectivity index (χ0n) is 33.2. The van der Waals surface area contributed by atoms with Crippen molar-refractivity contribution in [3.8, 4) is 0 Å². The molecule has 0 bridgehead atoms. The van der Waals surface area contributed by atoms with Gasteiger partial charge in [-0.05, 0) is 64.2 Å². The molecule has 3 N–H and O–H groups in total. The second-order valence-corrected chi connectivity index (χ2v) is 14.4. The molecule has 4 heteroatoms. The molecule has 1 amide bonds. The lowest BCUT2D eigenvalue weighted by molar-refractivity contribution is -0.123. The van der Waals surface area contributed by atoms with Gasteiger partial charge in [0.1, 0.15) is 0 Å². The SMILES string of the molecule is CCCCC/C=C\C/C=C\C/C=C\C/C=C\CCCCCCCCCCCC(=O)N[C@@H](CO)[C@H](O)/C=C/CCCCCCCCCCCCC. The Kier molecular flexibility index (Phi) is 39.9. The zero-order valence-corrected chi connectivity index (χ0v) is 33.2. The molecule has 50 heavy (non-hydrogen) atoms. The Hall–Kier alpha value is -1.91. The predicted molar refractivity (Wildman–Crippen MR) is 221 cm³/mol. The molecule has 0 radical (unpaired) electrons. The fourth-order valence-corrected chi connectivity index (χ4v) is 6.16. The lowest BCUT2D eigenvalue weighted by Gasteiger charge is -2.20. The van der Waals surface area contributed by atoms with Crippen molar-refractivity contribution in [2.24, 2.45) is 0 Å². The molecule has 0 heterocycles. The normalized spacial score (nSPS) is 13.6. The second-order valence-electron chi connectivity index (χ2n) is 14.4. The van der Waals surface area contributed by atoms with Crippen LogP contribution in [0.4, 0.5) is 0 Å². The van der Waals surface area contributed by atoms with E-state index < -0.39 is 12.1 Å². The molecule has 0 aliphatic heterocycles. The summed E-state index contributed by atoms with van der Waals surface area (Å²) in [4.78, 5) is 12.4. The van der Waals surface area contributed by atoms with Crippen LogP contribution in [0.2, 0.25) is 0 Å². The van der Waals surface area contributed by atoms with Crippen LogP contribution in [0.3, 0.4) is 0 Å². The Morgan fingerprint density at radius 1 is 0.480 bits per heavy atom. The number of carbonyl (C=O) groups excluding carboxylic acids is 1. The van der Waals surface area contributed by atoms with Crippen LogP contribution < -0.4 is 5.32 Å². The van der Waals surface area contributed by atoms with Gasteiger partial charge in [0.25, 0.3) is 0 Å². The molecule has 2 atom stereocenters. The van der Waals surface area contributed by atoms with E-state index >= 15 is 0 Å². The molecule has 0 fully saturated rings. The minimum Gasteiger partial charge on any atom is -0.394 e. The highest BCUT2D eigenvalue weighted by atomic mass is 16.3. The van der Waals surface area contributed by atoms with E-state index in [4.69, 9.17) is 0 Å². The lowest BCUT2D eigenvalue weighted by Crippen LogP contribution is -2.45. The van der Waals surface area contributed by atoms with Gasteiger partial charge in [0.2, 0.25) is 5.91 Å². The summed E-state index contributed by atoms with van der Waals surface area (Å²) in [6.45, 7) is 4.26. The maximum atomic E-state index is 12.4. The molecular weight excluding hydrogens is 615 g/mol. The van der Waals surface area contributed by atoms with Crippen molar-refractivity contribution < 1.29 is 15.0 Å². The highest BCUT2D eigenvalue weighted by molar-refractivity contribution is 5.76. The van der Waals surface area contributed by atoms with E-state index in [1.165, 1.54) is 141 Å². The monoisotopic (exact) mass is 698 g/mol. The Morgan fingerprint density at radius 3 is 1.26 bits per heavy atom. The molecule has 0 saturated heterocycles. The molecule has 0 spiro atoms. The van der Waals surface area contributed by atoms with Gasteiger partial charge in [-0.15, -0.1) is 0 Å². The van der Waals surface area contributed by atoms with Crippen LogP contribution in [0.15, 0.2) is 60.8 Å². The first kappa shape index (κ1) is 48.1. The fourth-order valence-electron chi connectivity index (χ4n) is 6.16. The third-order valence-electron chi connectivity index (χ3n) is 9.50. The Bertz CT molecular complexity index is 842. The van der Waals surface area contributed by atoms with Gasteiger partial charge in [0.15, 0.2) is 0 Å². The van der Waals surface area contributed by atoms with Crippen LogP contribution in [-0.2, 0) is 4.79 Å². The number of nitrogens with one attached hydrogen (secondary N) is 1. The van der Waals surface area contributed by atoms with Crippen LogP contribution in [-0.4, -0.2) is 34.9 Å². The van der Waals surface area contributed by atoms with Crippen molar-refractivity contribution in [1.82, 2.24) is 5.32 Å². The Balaban J connectivity index is 3.60. The Morgan fingerprint density at radius 2 is 0.820 bits per heavy atom. The van der Waals surface area contributed by atoms with Crippen LogP contribution in [0.25, 0.3) is 0 Å². The first-order valence-electron chi connectivity index (χ1n) is 21.5. The number of hydrogen-bond donors (Lipinski definition) is 3. The topological polar surface area (TPSA) is 69.6 Å². The van der Waals surface area contributed by atoms with Gasteiger partial charge in [-0.1, -0.05) is 197 Å². The maximum Gasteiger partial charge on any atom is 0.220 e. The first-order valence-corrected chi connectivity index (χ1v) is 21.5. The van der Waals surface area contributed by atoms with Gasteiger partial charge in [-0.25, -0.2) is 0 Å². The van der Waals surface area contributed by atoms with Gasteiger partial charge in [-0.3, -0.25) is 4.79 Å². The molecule has 0 saturated carbocycles. The van der Waals surface area contributed by atoms with Crippen molar-refractivity contribution in [3.63, 3.8) is 0 Å². The largest absolute Gasteiger partial charge is 0.394 e. The fraction of sp³-hybridized carbons (Fsp3) is 0.761. The zero-order chi connectivity index (χ0) is 36.4. The van der Waals surface area contributed by atoms with Crippen LogP contribution in [0.1, 0.15) is 206 Å². The molecule has 0 aromatic heterocycles. The predicted octanol–water partition coefficient (Wildman–Crippen LogP) is 13.3. The molecule has 0 aliphatic carbocycles. The second kappa shape index (κ2) is 41.5. The molecule has 0 aliphatic rings. The van der Waals surface area contributed by atoms with Crippen molar-refractivity contribution >= 4 is 5.91 Å². The summed E-state index contributed by atoms with van der Waals surface area (Å²) in [7, 11) is 0. The third-order valence-corrected chi connectivity index (χ3v) is 9.50. The van der Waals surface area contributed by atoms with E-state index in [-0.39, 0.29) is 12.5 Å². The molecular formula is C46H83NO3. The maximum absolute atomic E-state index is 12.4. The molecule has 290 valence electrons. The van der Waals surface area contributed by atoms with E-state index in [0.29, 0.717) is 6.42 Å².